The van der Waals surface area contributed by atoms with Gasteiger partial charge in [-0.1, -0.05) is 0 Å². The first-order valence-corrected chi connectivity index (χ1v) is 5.41. The van der Waals surface area contributed by atoms with Crippen molar-refractivity contribution in [2.45, 2.75) is 59.2 Å². The fourth-order valence-corrected chi connectivity index (χ4v) is 0.968. The highest BCUT2D eigenvalue weighted by molar-refractivity contribution is 5.85. The quantitative estimate of drug-likeness (QED) is 0.770. The molecule has 0 aliphatic heterocycles. The molecule has 0 saturated heterocycles. The van der Waals surface area contributed by atoms with Crippen LogP contribution >= 0.6 is 0 Å². The van der Waals surface area contributed by atoms with E-state index in [2.05, 4.69) is 10.6 Å². The fraction of sp³-hybridized carbons (Fsp3) is 0.818. The summed E-state index contributed by atoms with van der Waals surface area (Å²) in [7, 11) is 0. The standard InChI is InChI=1S/C11H22N2O3/c1-7(2)16-10(15)12-8(3)9(14)13-11(4,5)6/h7-8H,1-6H3,(H,12,15)(H,13,14). The maximum Gasteiger partial charge on any atom is 0.408 e. The molecule has 1 unspecified atom stereocenters. The van der Waals surface area contributed by atoms with Crippen molar-refractivity contribution in [3.05, 3.63) is 0 Å². The highest BCUT2D eigenvalue weighted by Gasteiger charge is 2.21. The summed E-state index contributed by atoms with van der Waals surface area (Å²) in [4.78, 5) is 22.8. The molecule has 0 aromatic carbocycles. The van der Waals surface area contributed by atoms with E-state index in [0.29, 0.717) is 0 Å². The van der Waals surface area contributed by atoms with Crippen molar-refractivity contribution in [2.24, 2.45) is 0 Å². The van der Waals surface area contributed by atoms with Crippen molar-refractivity contribution < 1.29 is 14.3 Å². The Bertz CT molecular complexity index is 256. The van der Waals surface area contributed by atoms with Crippen molar-refractivity contribution in [3.63, 3.8) is 0 Å². The van der Waals surface area contributed by atoms with Gasteiger partial charge < -0.3 is 15.4 Å². The molecule has 5 nitrogen and oxygen atoms in total. The van der Waals surface area contributed by atoms with Crippen LogP contribution in [-0.2, 0) is 9.53 Å². The lowest BCUT2D eigenvalue weighted by molar-refractivity contribution is -0.124. The van der Waals surface area contributed by atoms with E-state index in [0.717, 1.165) is 0 Å². The van der Waals surface area contributed by atoms with Gasteiger partial charge >= 0.3 is 6.09 Å². The lowest BCUT2D eigenvalue weighted by Crippen LogP contribution is -2.51. The van der Waals surface area contributed by atoms with E-state index in [1.165, 1.54) is 0 Å². The Hall–Kier alpha value is -1.26. The zero-order chi connectivity index (χ0) is 12.9. The zero-order valence-corrected chi connectivity index (χ0v) is 10.9. The summed E-state index contributed by atoms with van der Waals surface area (Å²) in [5.74, 6) is -0.229. The summed E-state index contributed by atoms with van der Waals surface area (Å²) in [6, 6.07) is -0.606. The molecule has 1 atom stereocenters. The van der Waals surface area contributed by atoms with Gasteiger partial charge in [0, 0.05) is 5.54 Å². The van der Waals surface area contributed by atoms with Crippen molar-refractivity contribution in [2.75, 3.05) is 0 Å². The number of amides is 2. The Kier molecular flexibility index (Phi) is 5.27. The van der Waals surface area contributed by atoms with Gasteiger partial charge in [-0.2, -0.15) is 0 Å². The molecular weight excluding hydrogens is 208 g/mol. The maximum atomic E-state index is 11.6. The van der Waals surface area contributed by atoms with Gasteiger partial charge in [0.2, 0.25) is 5.91 Å². The lowest BCUT2D eigenvalue weighted by atomic mass is 10.1. The van der Waals surface area contributed by atoms with E-state index in [9.17, 15) is 9.59 Å². The smallest absolute Gasteiger partial charge is 0.408 e. The summed E-state index contributed by atoms with van der Waals surface area (Å²) >= 11 is 0. The molecule has 0 radical (unpaired) electrons. The first-order chi connectivity index (χ1) is 7.11. The summed E-state index contributed by atoms with van der Waals surface area (Å²) in [5.41, 5.74) is -0.311. The Labute approximate surface area is 96.9 Å². The minimum absolute atomic E-state index is 0.196. The Balaban J connectivity index is 4.11. The molecule has 16 heavy (non-hydrogen) atoms. The van der Waals surface area contributed by atoms with Crippen molar-refractivity contribution >= 4 is 12.0 Å². The molecule has 0 rings (SSSR count). The molecule has 94 valence electrons. The summed E-state index contributed by atoms with van der Waals surface area (Å²) in [5, 5.41) is 5.23. The molecular formula is C11H22N2O3. The number of rotatable bonds is 3. The van der Waals surface area contributed by atoms with Gasteiger partial charge in [0.25, 0.3) is 0 Å². The number of hydrogen-bond acceptors (Lipinski definition) is 3. The summed E-state index contributed by atoms with van der Waals surface area (Å²) in [6.45, 7) is 10.7. The van der Waals surface area contributed by atoms with Crippen LogP contribution in [0, 0.1) is 0 Å². The highest BCUT2D eigenvalue weighted by atomic mass is 16.6. The molecule has 0 fully saturated rings. The molecule has 0 aliphatic rings. The first kappa shape index (κ1) is 14.7. The van der Waals surface area contributed by atoms with Crippen LogP contribution in [0.15, 0.2) is 0 Å². The number of alkyl carbamates (subject to hydrolysis) is 1. The van der Waals surface area contributed by atoms with Crippen molar-refractivity contribution in [1.82, 2.24) is 10.6 Å². The van der Waals surface area contributed by atoms with E-state index in [-0.39, 0.29) is 17.6 Å². The van der Waals surface area contributed by atoms with Gasteiger partial charge in [0.15, 0.2) is 0 Å². The lowest BCUT2D eigenvalue weighted by Gasteiger charge is -2.23. The molecule has 0 bridgehead atoms. The molecule has 0 spiro atoms. The topological polar surface area (TPSA) is 67.4 Å². The number of carbonyl (C=O) groups is 2. The summed E-state index contributed by atoms with van der Waals surface area (Å²) in [6.07, 6.45) is -0.774. The van der Waals surface area contributed by atoms with Crippen LogP contribution < -0.4 is 10.6 Å². The van der Waals surface area contributed by atoms with E-state index >= 15 is 0 Å². The Morgan fingerprint density at radius 2 is 1.62 bits per heavy atom. The predicted molar refractivity (Wildman–Crippen MR) is 62.1 cm³/mol. The maximum absolute atomic E-state index is 11.6. The van der Waals surface area contributed by atoms with Crippen molar-refractivity contribution in [3.8, 4) is 0 Å². The van der Waals surface area contributed by atoms with Crippen LogP contribution in [0.2, 0.25) is 0 Å². The summed E-state index contributed by atoms with van der Waals surface area (Å²) < 4.78 is 4.87. The van der Waals surface area contributed by atoms with E-state index < -0.39 is 12.1 Å². The second-order valence-electron chi connectivity index (χ2n) is 5.06. The Morgan fingerprint density at radius 1 is 1.12 bits per heavy atom. The van der Waals surface area contributed by atoms with Crippen LogP contribution in [0.3, 0.4) is 0 Å². The predicted octanol–water partition coefficient (Wildman–Crippen LogP) is 1.42. The van der Waals surface area contributed by atoms with Gasteiger partial charge in [-0.05, 0) is 41.5 Å². The third-order valence-electron chi connectivity index (χ3n) is 1.57. The highest BCUT2D eigenvalue weighted by Crippen LogP contribution is 1.99. The molecule has 2 N–H and O–H groups in total. The number of ether oxygens (including phenoxy) is 1. The van der Waals surface area contributed by atoms with Gasteiger partial charge in [0.1, 0.15) is 6.04 Å². The molecule has 0 aromatic rings. The molecule has 0 aliphatic carbocycles. The SMILES string of the molecule is CC(C)OC(=O)NC(C)C(=O)NC(C)(C)C. The normalized spacial score (nSPS) is 13.2. The minimum atomic E-state index is -0.606. The Morgan fingerprint density at radius 3 is 2.00 bits per heavy atom. The van der Waals surface area contributed by atoms with E-state index in [1.807, 2.05) is 20.8 Å². The number of nitrogens with one attached hydrogen (secondary N) is 2. The van der Waals surface area contributed by atoms with Gasteiger partial charge in [0.05, 0.1) is 6.10 Å². The number of carbonyl (C=O) groups excluding carboxylic acids is 2. The number of hydrogen-bond donors (Lipinski definition) is 2. The third kappa shape index (κ3) is 7.09. The van der Waals surface area contributed by atoms with Crippen molar-refractivity contribution in [1.29, 1.82) is 0 Å². The molecule has 5 heteroatoms. The molecule has 0 heterocycles. The molecule has 0 saturated carbocycles. The molecule has 0 aromatic heterocycles. The van der Waals surface area contributed by atoms with Crippen LogP contribution in [0.25, 0.3) is 0 Å². The fourth-order valence-electron chi connectivity index (χ4n) is 0.968. The second kappa shape index (κ2) is 5.72. The van der Waals surface area contributed by atoms with E-state index in [1.54, 1.807) is 20.8 Å². The van der Waals surface area contributed by atoms with Gasteiger partial charge in [-0.15, -0.1) is 0 Å². The largest absolute Gasteiger partial charge is 0.447 e. The van der Waals surface area contributed by atoms with E-state index in [4.69, 9.17) is 4.74 Å². The molecule has 2 amide bonds. The minimum Gasteiger partial charge on any atom is -0.447 e. The zero-order valence-electron chi connectivity index (χ0n) is 10.9. The second-order valence-corrected chi connectivity index (χ2v) is 5.06. The monoisotopic (exact) mass is 230 g/mol. The van der Waals surface area contributed by atoms with Gasteiger partial charge in [-0.25, -0.2) is 4.79 Å². The average Bonchev–Trinajstić information content (AvgIpc) is 1.98. The van der Waals surface area contributed by atoms with Crippen LogP contribution in [-0.4, -0.2) is 29.7 Å². The average molecular weight is 230 g/mol. The van der Waals surface area contributed by atoms with Crippen LogP contribution in [0.5, 0.6) is 0 Å². The van der Waals surface area contributed by atoms with Crippen LogP contribution in [0.1, 0.15) is 41.5 Å². The first-order valence-electron chi connectivity index (χ1n) is 5.41. The third-order valence-corrected chi connectivity index (χ3v) is 1.57. The van der Waals surface area contributed by atoms with Gasteiger partial charge in [-0.3, -0.25) is 4.79 Å². The van der Waals surface area contributed by atoms with Crippen LogP contribution in [0.4, 0.5) is 4.79 Å².